The standard InChI is InChI=1S/C25H30BrFN6O/c1-5-18-14-33(22-12-24(34)30(4)23-15-31(10-9-28)29-25(22)23)19(6-2)13-32(18)16(3)20-8-7-17(27)11-21(20)26/h7-8,11-12,15-16,18-19H,5-6,10,13-14H2,1-4H3/t16?,18-,19+/m1/s1. The van der Waals surface area contributed by atoms with Gasteiger partial charge in [0.25, 0.3) is 5.56 Å². The Kier molecular flexibility index (Phi) is 7.10. The molecule has 0 radical (unpaired) electrons. The summed E-state index contributed by atoms with van der Waals surface area (Å²) in [5, 5.41) is 13.8. The summed E-state index contributed by atoms with van der Waals surface area (Å²) in [5.74, 6) is -0.253. The predicted octanol–water partition coefficient (Wildman–Crippen LogP) is 4.60. The zero-order valence-corrected chi connectivity index (χ0v) is 21.6. The van der Waals surface area contributed by atoms with Crippen molar-refractivity contribution in [1.82, 2.24) is 19.2 Å². The van der Waals surface area contributed by atoms with Crippen molar-refractivity contribution in [3.63, 3.8) is 0 Å². The van der Waals surface area contributed by atoms with Crippen molar-refractivity contribution in [1.29, 1.82) is 5.26 Å². The SMILES string of the molecule is CC[C@H]1CN(C(C)c2ccc(F)cc2Br)[C@H](CC)CN1c1cc(=O)n(C)c2cn(CC#N)nc12. The van der Waals surface area contributed by atoms with Crippen molar-refractivity contribution in [3.05, 3.63) is 56.7 Å². The second kappa shape index (κ2) is 9.88. The Morgan fingerprint density at radius 1 is 1.24 bits per heavy atom. The van der Waals surface area contributed by atoms with E-state index < -0.39 is 0 Å². The number of benzene rings is 1. The first-order chi connectivity index (χ1) is 16.3. The minimum atomic E-state index is -0.253. The maximum Gasteiger partial charge on any atom is 0.252 e. The molecule has 3 aromatic rings. The van der Waals surface area contributed by atoms with Crippen LogP contribution in [0.5, 0.6) is 0 Å². The molecule has 7 nitrogen and oxygen atoms in total. The molecule has 1 unspecified atom stereocenters. The van der Waals surface area contributed by atoms with Crippen molar-refractivity contribution in [2.45, 2.75) is 58.3 Å². The lowest BCUT2D eigenvalue weighted by Gasteiger charge is -2.49. The van der Waals surface area contributed by atoms with E-state index in [9.17, 15) is 9.18 Å². The van der Waals surface area contributed by atoms with Crippen molar-refractivity contribution in [3.8, 4) is 6.07 Å². The Balaban J connectivity index is 1.73. The highest BCUT2D eigenvalue weighted by molar-refractivity contribution is 9.10. The van der Waals surface area contributed by atoms with Gasteiger partial charge in [-0.3, -0.25) is 14.4 Å². The first-order valence-corrected chi connectivity index (χ1v) is 12.5. The molecule has 0 aliphatic carbocycles. The van der Waals surface area contributed by atoms with E-state index in [-0.39, 0.29) is 36.0 Å². The van der Waals surface area contributed by atoms with E-state index >= 15 is 0 Å². The topological polar surface area (TPSA) is 70.1 Å². The summed E-state index contributed by atoms with van der Waals surface area (Å²) in [5.41, 5.74) is 3.28. The van der Waals surface area contributed by atoms with Crippen LogP contribution in [0.25, 0.3) is 11.0 Å². The highest BCUT2D eigenvalue weighted by Crippen LogP contribution is 2.36. The third kappa shape index (κ3) is 4.37. The summed E-state index contributed by atoms with van der Waals surface area (Å²) in [6.45, 7) is 8.21. The molecule has 0 amide bonds. The fourth-order valence-corrected chi connectivity index (χ4v) is 5.77. The molecule has 180 valence electrons. The van der Waals surface area contributed by atoms with Crippen LogP contribution in [-0.2, 0) is 13.6 Å². The van der Waals surface area contributed by atoms with Crippen molar-refractivity contribution < 1.29 is 4.39 Å². The lowest BCUT2D eigenvalue weighted by atomic mass is 9.96. The van der Waals surface area contributed by atoms with E-state index in [2.05, 4.69) is 57.7 Å². The Labute approximate surface area is 207 Å². The molecule has 1 aliphatic heterocycles. The Hall–Kier alpha value is -2.70. The van der Waals surface area contributed by atoms with Crippen LogP contribution in [-0.4, -0.2) is 44.4 Å². The van der Waals surface area contributed by atoms with Crippen LogP contribution in [0.15, 0.2) is 39.7 Å². The number of hydrogen-bond donors (Lipinski definition) is 0. The van der Waals surface area contributed by atoms with Crippen LogP contribution in [0.4, 0.5) is 10.1 Å². The molecule has 0 spiro atoms. The molecule has 4 rings (SSSR count). The monoisotopic (exact) mass is 528 g/mol. The first kappa shape index (κ1) is 24.4. The van der Waals surface area contributed by atoms with Crippen LogP contribution in [0.1, 0.15) is 45.2 Å². The van der Waals surface area contributed by atoms with Gasteiger partial charge in [0.05, 0.1) is 23.5 Å². The molecule has 1 saturated heterocycles. The Morgan fingerprint density at radius 2 is 1.97 bits per heavy atom. The van der Waals surface area contributed by atoms with Crippen molar-refractivity contribution >= 4 is 32.7 Å². The minimum absolute atomic E-state index is 0.0899. The van der Waals surface area contributed by atoms with Gasteiger partial charge in [0, 0.05) is 48.8 Å². The van der Waals surface area contributed by atoms with Gasteiger partial charge < -0.3 is 9.47 Å². The molecule has 3 atom stereocenters. The van der Waals surface area contributed by atoms with E-state index in [4.69, 9.17) is 5.26 Å². The largest absolute Gasteiger partial charge is 0.364 e. The van der Waals surface area contributed by atoms with Gasteiger partial charge in [-0.15, -0.1) is 0 Å². The molecule has 9 heteroatoms. The molecule has 1 aromatic carbocycles. The molecule has 0 N–H and O–H groups in total. The normalized spacial score (nSPS) is 20.0. The third-order valence-electron chi connectivity index (χ3n) is 7.07. The summed E-state index contributed by atoms with van der Waals surface area (Å²) < 4.78 is 17.6. The zero-order valence-electron chi connectivity index (χ0n) is 20.0. The second-order valence-electron chi connectivity index (χ2n) is 8.96. The van der Waals surface area contributed by atoms with E-state index in [1.807, 2.05) is 6.07 Å². The van der Waals surface area contributed by atoms with Gasteiger partial charge in [-0.1, -0.05) is 35.8 Å². The number of rotatable bonds is 6. The molecule has 1 fully saturated rings. The number of aromatic nitrogens is 3. The first-order valence-electron chi connectivity index (χ1n) is 11.7. The lowest BCUT2D eigenvalue weighted by Crippen LogP contribution is -2.58. The Morgan fingerprint density at radius 3 is 2.62 bits per heavy atom. The number of fused-ring (bicyclic) bond motifs is 1. The highest BCUT2D eigenvalue weighted by atomic mass is 79.9. The number of anilines is 1. The lowest BCUT2D eigenvalue weighted by molar-refractivity contribution is 0.101. The molecular weight excluding hydrogens is 499 g/mol. The fourth-order valence-electron chi connectivity index (χ4n) is 5.09. The van der Waals surface area contributed by atoms with E-state index in [0.717, 1.165) is 52.7 Å². The van der Waals surface area contributed by atoms with Crippen molar-refractivity contribution in [2.75, 3.05) is 18.0 Å². The van der Waals surface area contributed by atoms with Crippen LogP contribution < -0.4 is 10.5 Å². The third-order valence-corrected chi connectivity index (χ3v) is 7.76. The maximum absolute atomic E-state index is 13.7. The van der Waals surface area contributed by atoms with Gasteiger partial charge in [0.15, 0.2) is 0 Å². The molecule has 0 saturated carbocycles. The van der Waals surface area contributed by atoms with Crippen LogP contribution in [0.2, 0.25) is 0 Å². The quantitative estimate of drug-likeness (QED) is 0.467. The summed E-state index contributed by atoms with van der Waals surface area (Å²) in [6.07, 6.45) is 3.61. The van der Waals surface area contributed by atoms with Gasteiger partial charge in [-0.05, 0) is 37.5 Å². The van der Waals surface area contributed by atoms with E-state index in [1.54, 1.807) is 28.6 Å². The molecule has 2 aromatic heterocycles. The number of nitriles is 1. The summed E-state index contributed by atoms with van der Waals surface area (Å²) >= 11 is 3.55. The molecular formula is C25H30BrFN6O. The number of hydrogen-bond acceptors (Lipinski definition) is 5. The molecule has 0 bridgehead atoms. The molecule has 34 heavy (non-hydrogen) atoms. The van der Waals surface area contributed by atoms with E-state index in [1.165, 1.54) is 12.1 Å². The average molecular weight is 529 g/mol. The number of halogens is 2. The number of piperazine rings is 1. The fraction of sp³-hybridized carbons (Fsp3) is 0.480. The summed E-state index contributed by atoms with van der Waals surface area (Å²) in [4.78, 5) is 17.6. The average Bonchev–Trinajstić information content (AvgIpc) is 3.24. The van der Waals surface area contributed by atoms with Crippen LogP contribution in [0, 0.1) is 17.1 Å². The van der Waals surface area contributed by atoms with Gasteiger partial charge in [-0.2, -0.15) is 10.4 Å². The highest BCUT2D eigenvalue weighted by Gasteiger charge is 2.36. The van der Waals surface area contributed by atoms with Crippen LogP contribution in [0.3, 0.4) is 0 Å². The van der Waals surface area contributed by atoms with Gasteiger partial charge >= 0.3 is 0 Å². The summed E-state index contributed by atoms with van der Waals surface area (Å²) in [6, 6.07) is 9.22. The van der Waals surface area contributed by atoms with Gasteiger partial charge in [-0.25, -0.2) is 4.39 Å². The smallest absolute Gasteiger partial charge is 0.252 e. The van der Waals surface area contributed by atoms with Gasteiger partial charge in [0.2, 0.25) is 0 Å². The maximum atomic E-state index is 13.7. The number of aryl methyl sites for hydroxylation is 1. The molecule has 3 heterocycles. The van der Waals surface area contributed by atoms with Crippen molar-refractivity contribution in [2.24, 2.45) is 7.05 Å². The summed E-state index contributed by atoms with van der Waals surface area (Å²) in [7, 11) is 1.74. The Bertz CT molecular complexity index is 1300. The van der Waals surface area contributed by atoms with Crippen LogP contribution >= 0.6 is 15.9 Å². The molecule has 1 aliphatic rings. The second-order valence-corrected chi connectivity index (χ2v) is 9.81. The predicted molar refractivity (Wildman–Crippen MR) is 135 cm³/mol. The minimum Gasteiger partial charge on any atom is -0.364 e. The number of pyridine rings is 1. The van der Waals surface area contributed by atoms with Gasteiger partial charge in [0.1, 0.15) is 17.9 Å². The van der Waals surface area contributed by atoms with E-state index in [0.29, 0.717) is 0 Å². The number of nitrogens with zero attached hydrogens (tertiary/aromatic N) is 6. The zero-order chi connectivity index (χ0) is 24.6.